The van der Waals surface area contributed by atoms with Gasteiger partial charge in [-0.2, -0.15) is 0 Å². The minimum Gasteiger partial charge on any atom is -0.381 e. The predicted octanol–water partition coefficient (Wildman–Crippen LogP) is 4.61. The number of aromatic nitrogens is 1. The lowest BCUT2D eigenvalue weighted by Gasteiger charge is -2.36. The van der Waals surface area contributed by atoms with Crippen LogP contribution in [-0.4, -0.2) is 29.6 Å². The van der Waals surface area contributed by atoms with E-state index < -0.39 is 5.54 Å². The van der Waals surface area contributed by atoms with Crippen LogP contribution in [0.3, 0.4) is 0 Å². The third kappa shape index (κ3) is 4.79. The maximum Gasteiger partial charge on any atom is 0.224 e. The number of nitrogens with one attached hydrogen (secondary N) is 1. The Morgan fingerprint density at radius 1 is 1.17 bits per heavy atom. The van der Waals surface area contributed by atoms with Crippen LogP contribution >= 0.6 is 0 Å². The van der Waals surface area contributed by atoms with Gasteiger partial charge in [-0.1, -0.05) is 55.7 Å². The van der Waals surface area contributed by atoms with E-state index in [1.54, 1.807) is 7.11 Å². The number of benzene rings is 1. The molecular formula is C25H30N2O2. The van der Waals surface area contributed by atoms with Crippen molar-refractivity contribution < 1.29 is 9.53 Å². The van der Waals surface area contributed by atoms with Crippen molar-refractivity contribution in [2.75, 3.05) is 7.11 Å². The van der Waals surface area contributed by atoms with Crippen LogP contribution in [0.5, 0.6) is 0 Å². The molecule has 0 radical (unpaired) electrons. The number of fused-ring (bicyclic) bond motifs is 1. The summed E-state index contributed by atoms with van der Waals surface area (Å²) in [5, 5.41) is 4.46. The molecule has 1 aromatic carbocycles. The molecule has 4 rings (SSSR count). The van der Waals surface area contributed by atoms with Crippen LogP contribution < -0.4 is 5.32 Å². The van der Waals surface area contributed by atoms with Gasteiger partial charge in [-0.05, 0) is 44.2 Å². The Hall–Kier alpha value is -2.38. The van der Waals surface area contributed by atoms with E-state index in [1.807, 2.05) is 24.4 Å². The fourth-order valence-corrected chi connectivity index (χ4v) is 4.70. The zero-order valence-corrected chi connectivity index (χ0v) is 17.2. The SMILES string of the molecule is CO[C@H]1CCC[C@H](C(=O)NC2(C#Cc3cnc4ccccc4c3)CCCCC2)C1. The van der Waals surface area contributed by atoms with E-state index in [-0.39, 0.29) is 17.9 Å². The van der Waals surface area contributed by atoms with Crippen molar-refractivity contribution in [1.82, 2.24) is 10.3 Å². The minimum absolute atomic E-state index is 0.0386. The fraction of sp³-hybridized carbons (Fsp3) is 0.520. The predicted molar refractivity (Wildman–Crippen MR) is 115 cm³/mol. The average molecular weight is 391 g/mol. The number of para-hydroxylation sites is 1. The van der Waals surface area contributed by atoms with Crippen LogP contribution in [0, 0.1) is 17.8 Å². The normalized spacial score (nSPS) is 23.8. The van der Waals surface area contributed by atoms with E-state index in [9.17, 15) is 4.79 Å². The summed E-state index contributed by atoms with van der Waals surface area (Å²) in [6.07, 6.45) is 11.2. The summed E-state index contributed by atoms with van der Waals surface area (Å²) in [6, 6.07) is 10.2. The van der Waals surface area contributed by atoms with Gasteiger partial charge in [0, 0.05) is 30.2 Å². The number of amides is 1. The van der Waals surface area contributed by atoms with Crippen LogP contribution in [-0.2, 0) is 9.53 Å². The summed E-state index contributed by atoms with van der Waals surface area (Å²) in [4.78, 5) is 17.6. The number of rotatable bonds is 3. The van der Waals surface area contributed by atoms with Crippen molar-refractivity contribution in [3.8, 4) is 11.8 Å². The highest BCUT2D eigenvalue weighted by atomic mass is 16.5. The zero-order valence-electron chi connectivity index (χ0n) is 17.2. The van der Waals surface area contributed by atoms with E-state index in [4.69, 9.17) is 4.74 Å². The first-order valence-corrected chi connectivity index (χ1v) is 10.9. The van der Waals surface area contributed by atoms with Gasteiger partial charge >= 0.3 is 0 Å². The van der Waals surface area contributed by atoms with Gasteiger partial charge in [-0.25, -0.2) is 0 Å². The second kappa shape index (κ2) is 8.97. The maximum absolute atomic E-state index is 13.1. The van der Waals surface area contributed by atoms with Crippen molar-refractivity contribution in [3.05, 3.63) is 42.1 Å². The maximum atomic E-state index is 13.1. The third-order valence-corrected chi connectivity index (χ3v) is 6.44. The zero-order chi connectivity index (χ0) is 20.1. The molecule has 0 aliphatic heterocycles. The van der Waals surface area contributed by atoms with Crippen molar-refractivity contribution in [2.45, 2.75) is 69.4 Å². The van der Waals surface area contributed by atoms with Gasteiger partial charge in [0.15, 0.2) is 0 Å². The monoisotopic (exact) mass is 390 g/mol. The molecule has 0 bridgehead atoms. The molecule has 1 heterocycles. The quantitative estimate of drug-likeness (QED) is 0.779. The summed E-state index contributed by atoms with van der Waals surface area (Å²) in [7, 11) is 1.75. The molecule has 2 saturated carbocycles. The summed E-state index contributed by atoms with van der Waals surface area (Å²) in [5.74, 6) is 6.97. The number of methoxy groups -OCH3 is 1. The number of hydrogen-bond acceptors (Lipinski definition) is 3. The summed E-state index contributed by atoms with van der Waals surface area (Å²) >= 11 is 0. The Bertz CT molecular complexity index is 921. The Balaban J connectivity index is 1.53. The molecule has 4 heteroatoms. The number of ether oxygens (including phenoxy) is 1. The first-order valence-electron chi connectivity index (χ1n) is 10.9. The van der Waals surface area contributed by atoms with Crippen molar-refractivity contribution in [3.63, 3.8) is 0 Å². The molecule has 2 aliphatic rings. The number of carbonyl (C=O) groups is 1. The van der Waals surface area contributed by atoms with Crippen LogP contribution in [0.1, 0.15) is 63.4 Å². The number of hydrogen-bond donors (Lipinski definition) is 1. The van der Waals surface area contributed by atoms with Gasteiger partial charge in [-0.15, -0.1) is 0 Å². The number of pyridine rings is 1. The Labute approximate surface area is 173 Å². The molecule has 29 heavy (non-hydrogen) atoms. The average Bonchev–Trinajstić information content (AvgIpc) is 2.78. The van der Waals surface area contributed by atoms with E-state index in [2.05, 4.69) is 34.3 Å². The second-order valence-electron chi connectivity index (χ2n) is 8.52. The van der Waals surface area contributed by atoms with Crippen LogP contribution in [0.15, 0.2) is 36.5 Å². The van der Waals surface area contributed by atoms with Gasteiger partial charge in [0.05, 0.1) is 11.6 Å². The molecule has 1 amide bonds. The number of carbonyl (C=O) groups excluding carboxylic acids is 1. The van der Waals surface area contributed by atoms with E-state index in [0.717, 1.165) is 67.8 Å². The van der Waals surface area contributed by atoms with Crippen molar-refractivity contribution in [1.29, 1.82) is 0 Å². The highest BCUT2D eigenvalue weighted by molar-refractivity contribution is 5.81. The lowest BCUT2D eigenvalue weighted by molar-refractivity contribution is -0.129. The topological polar surface area (TPSA) is 51.2 Å². The van der Waals surface area contributed by atoms with Crippen LogP contribution in [0.25, 0.3) is 10.9 Å². The molecule has 2 aliphatic carbocycles. The largest absolute Gasteiger partial charge is 0.381 e. The number of nitrogens with zero attached hydrogens (tertiary/aromatic N) is 1. The fourth-order valence-electron chi connectivity index (χ4n) is 4.70. The third-order valence-electron chi connectivity index (χ3n) is 6.44. The van der Waals surface area contributed by atoms with Gasteiger partial charge < -0.3 is 10.1 Å². The molecule has 2 atom stereocenters. The molecule has 1 aromatic heterocycles. The van der Waals surface area contributed by atoms with E-state index in [0.29, 0.717) is 0 Å². The Kier molecular flexibility index (Phi) is 6.16. The first-order chi connectivity index (χ1) is 14.2. The Morgan fingerprint density at radius 2 is 2.00 bits per heavy atom. The molecule has 0 unspecified atom stereocenters. The summed E-state index contributed by atoms with van der Waals surface area (Å²) in [5.41, 5.74) is 1.46. The summed E-state index contributed by atoms with van der Waals surface area (Å²) in [6.45, 7) is 0. The van der Waals surface area contributed by atoms with Crippen LogP contribution in [0.4, 0.5) is 0 Å². The molecule has 0 spiro atoms. The van der Waals surface area contributed by atoms with Gasteiger partial charge in [-0.3, -0.25) is 9.78 Å². The molecular weight excluding hydrogens is 360 g/mol. The highest BCUT2D eigenvalue weighted by Crippen LogP contribution is 2.31. The molecule has 1 N–H and O–H groups in total. The highest BCUT2D eigenvalue weighted by Gasteiger charge is 2.35. The van der Waals surface area contributed by atoms with Crippen molar-refractivity contribution >= 4 is 16.8 Å². The molecule has 152 valence electrons. The van der Waals surface area contributed by atoms with Gasteiger partial charge in [0.1, 0.15) is 5.54 Å². The lowest BCUT2D eigenvalue weighted by atomic mass is 9.80. The Morgan fingerprint density at radius 3 is 2.83 bits per heavy atom. The van der Waals surface area contributed by atoms with Crippen molar-refractivity contribution in [2.24, 2.45) is 5.92 Å². The smallest absolute Gasteiger partial charge is 0.224 e. The second-order valence-corrected chi connectivity index (χ2v) is 8.52. The summed E-state index contributed by atoms with van der Waals surface area (Å²) < 4.78 is 5.51. The van der Waals surface area contributed by atoms with Crippen LogP contribution in [0.2, 0.25) is 0 Å². The van der Waals surface area contributed by atoms with E-state index in [1.165, 1.54) is 6.42 Å². The van der Waals surface area contributed by atoms with Gasteiger partial charge in [0.25, 0.3) is 0 Å². The van der Waals surface area contributed by atoms with Gasteiger partial charge in [0.2, 0.25) is 5.91 Å². The van der Waals surface area contributed by atoms with E-state index >= 15 is 0 Å². The first kappa shape index (κ1) is 19.9. The molecule has 2 aromatic rings. The minimum atomic E-state index is -0.416. The lowest BCUT2D eigenvalue weighted by Crippen LogP contribution is -2.51. The standard InChI is InChI=1S/C25H30N2O2/c1-29-22-10-7-9-21(17-22)24(28)27-25(13-5-2-6-14-25)15-12-19-16-20-8-3-4-11-23(20)26-18-19/h3-4,8,11,16,18,21-22H,2,5-7,9-10,13-14,17H2,1H3,(H,27,28)/t21-,22-/m0/s1. The molecule has 0 saturated heterocycles. The molecule has 2 fully saturated rings. The molecule has 4 nitrogen and oxygen atoms in total.